The first-order valence-electron chi connectivity index (χ1n) is 10.1. The maximum atomic E-state index is 13.0. The summed E-state index contributed by atoms with van der Waals surface area (Å²) < 4.78 is 11.4. The Morgan fingerprint density at radius 3 is 2.48 bits per heavy atom. The molecule has 2 heterocycles. The molecule has 2 N–H and O–H groups in total. The molecule has 2 aromatic carbocycles. The molecule has 2 fully saturated rings. The lowest BCUT2D eigenvalue weighted by molar-refractivity contribution is 0.0929. The molecule has 2 aromatic rings. The molecule has 29 heavy (non-hydrogen) atoms. The van der Waals surface area contributed by atoms with E-state index < -0.39 is 0 Å². The van der Waals surface area contributed by atoms with Crippen molar-refractivity contribution in [2.45, 2.75) is 18.9 Å². The van der Waals surface area contributed by atoms with Crippen molar-refractivity contribution in [3.05, 3.63) is 64.2 Å². The van der Waals surface area contributed by atoms with Crippen molar-refractivity contribution < 1.29 is 19.1 Å². The highest BCUT2D eigenvalue weighted by atomic mass is 16.5. The Bertz CT molecular complexity index is 992. The van der Waals surface area contributed by atoms with Gasteiger partial charge >= 0.3 is 0 Å². The third-order valence-corrected chi connectivity index (χ3v) is 6.44. The maximum absolute atomic E-state index is 13.0. The lowest BCUT2D eigenvalue weighted by Gasteiger charge is -2.15. The normalized spacial score (nSPS) is 26.3. The van der Waals surface area contributed by atoms with E-state index in [4.69, 9.17) is 9.47 Å². The Labute approximate surface area is 169 Å². The van der Waals surface area contributed by atoms with E-state index in [9.17, 15) is 9.59 Å². The first-order chi connectivity index (χ1) is 14.1. The Hall–Kier alpha value is -2.86. The number of benzene rings is 2. The minimum Gasteiger partial charge on any atom is -0.491 e. The van der Waals surface area contributed by atoms with E-state index >= 15 is 0 Å². The molecule has 2 amide bonds. The summed E-state index contributed by atoms with van der Waals surface area (Å²) in [6.07, 6.45) is 0. The average Bonchev–Trinajstić information content (AvgIpc) is 3.09. The van der Waals surface area contributed by atoms with E-state index in [1.54, 1.807) is 13.1 Å². The summed E-state index contributed by atoms with van der Waals surface area (Å²) >= 11 is 0. The van der Waals surface area contributed by atoms with Gasteiger partial charge in [-0.2, -0.15) is 0 Å². The Balaban J connectivity index is 1.51. The van der Waals surface area contributed by atoms with E-state index in [0.717, 1.165) is 16.7 Å². The van der Waals surface area contributed by atoms with Crippen LogP contribution < -0.4 is 15.4 Å². The smallest absolute Gasteiger partial charge is 0.254 e. The third-order valence-electron chi connectivity index (χ3n) is 6.44. The number of amides is 2. The summed E-state index contributed by atoms with van der Waals surface area (Å²) in [6.45, 7) is 3.95. The molecule has 1 unspecified atom stereocenters. The second kappa shape index (κ2) is 6.88. The first-order valence-corrected chi connectivity index (χ1v) is 10.1. The third kappa shape index (κ3) is 2.99. The topological polar surface area (TPSA) is 76.7 Å². The Kier molecular flexibility index (Phi) is 4.32. The zero-order valence-corrected chi connectivity index (χ0v) is 16.5. The van der Waals surface area contributed by atoms with Crippen LogP contribution in [-0.4, -0.2) is 44.7 Å². The molecule has 6 nitrogen and oxygen atoms in total. The fourth-order valence-electron chi connectivity index (χ4n) is 4.69. The number of nitrogens with one attached hydrogen (secondary N) is 2. The van der Waals surface area contributed by atoms with E-state index in [1.807, 2.05) is 18.2 Å². The molecule has 0 aromatic heterocycles. The molecule has 1 saturated carbocycles. The number of fused-ring (bicyclic) bond motifs is 2. The van der Waals surface area contributed by atoms with Gasteiger partial charge < -0.3 is 20.1 Å². The molecule has 0 spiro atoms. The van der Waals surface area contributed by atoms with Crippen LogP contribution in [0.25, 0.3) is 0 Å². The van der Waals surface area contributed by atoms with Crippen LogP contribution in [0, 0.1) is 18.8 Å². The summed E-state index contributed by atoms with van der Waals surface area (Å²) in [5.74, 6) is 1.03. The largest absolute Gasteiger partial charge is 0.491 e. The van der Waals surface area contributed by atoms with Crippen LogP contribution >= 0.6 is 0 Å². The van der Waals surface area contributed by atoms with Crippen LogP contribution in [0.3, 0.4) is 0 Å². The van der Waals surface area contributed by atoms with E-state index in [1.165, 1.54) is 0 Å². The average molecular weight is 392 g/mol. The monoisotopic (exact) mass is 392 g/mol. The fourth-order valence-corrected chi connectivity index (χ4v) is 4.69. The number of carbonyl (C=O) groups excluding carboxylic acids is 2. The number of hydrogen-bond acceptors (Lipinski definition) is 4. The number of aryl methyl sites for hydroxylation is 1. The molecule has 150 valence electrons. The molecule has 5 rings (SSSR count). The van der Waals surface area contributed by atoms with Gasteiger partial charge in [0.1, 0.15) is 5.75 Å². The molecule has 0 bridgehead atoms. The van der Waals surface area contributed by atoms with Crippen molar-refractivity contribution in [3.8, 4) is 5.75 Å². The van der Waals surface area contributed by atoms with Crippen molar-refractivity contribution >= 4 is 11.8 Å². The molecular weight excluding hydrogens is 368 g/mol. The highest BCUT2D eigenvalue weighted by molar-refractivity contribution is 6.02. The van der Waals surface area contributed by atoms with E-state index in [0.29, 0.717) is 48.5 Å². The van der Waals surface area contributed by atoms with Crippen molar-refractivity contribution in [1.82, 2.24) is 10.6 Å². The minimum atomic E-state index is -0.252. The molecule has 0 radical (unpaired) electrons. The van der Waals surface area contributed by atoms with E-state index in [2.05, 4.69) is 29.7 Å². The summed E-state index contributed by atoms with van der Waals surface area (Å²) in [7, 11) is 1.58. The predicted octanol–water partition coefficient (Wildman–Crippen LogP) is 2.25. The summed E-state index contributed by atoms with van der Waals surface area (Å²) in [4.78, 5) is 25.5. The molecule has 1 saturated heterocycles. The van der Waals surface area contributed by atoms with Gasteiger partial charge in [-0.15, -0.1) is 0 Å². The van der Waals surface area contributed by atoms with Crippen molar-refractivity contribution in [2.75, 3.05) is 26.9 Å². The fraction of sp³-hybridized carbons (Fsp3) is 0.391. The van der Waals surface area contributed by atoms with Crippen LogP contribution in [0.1, 0.15) is 43.3 Å². The zero-order valence-electron chi connectivity index (χ0n) is 16.5. The lowest BCUT2D eigenvalue weighted by Crippen LogP contribution is -2.30. The highest BCUT2D eigenvalue weighted by Crippen LogP contribution is 2.45. The van der Waals surface area contributed by atoms with Crippen LogP contribution in [0.15, 0.2) is 36.4 Å². The van der Waals surface area contributed by atoms with Gasteiger partial charge in [0.05, 0.1) is 25.4 Å². The number of ether oxygens (including phenoxy) is 2. The number of hydrogen-bond donors (Lipinski definition) is 2. The van der Waals surface area contributed by atoms with Gasteiger partial charge in [-0.3, -0.25) is 9.59 Å². The second-order valence-electron chi connectivity index (χ2n) is 8.11. The number of rotatable bonds is 4. The molecule has 2 aliphatic heterocycles. The minimum absolute atomic E-state index is 0.00365. The summed E-state index contributed by atoms with van der Waals surface area (Å²) in [5, 5.41) is 5.78. The highest BCUT2D eigenvalue weighted by Gasteiger charge is 2.54. The van der Waals surface area contributed by atoms with Crippen molar-refractivity contribution in [1.29, 1.82) is 0 Å². The van der Waals surface area contributed by atoms with Crippen LogP contribution in [-0.2, 0) is 4.74 Å². The van der Waals surface area contributed by atoms with Crippen LogP contribution in [0.5, 0.6) is 5.75 Å². The molecular formula is C23H24N2O4. The number of carbonyl (C=O) groups is 2. The molecule has 4 atom stereocenters. The first kappa shape index (κ1) is 18.2. The van der Waals surface area contributed by atoms with Crippen LogP contribution in [0.4, 0.5) is 0 Å². The van der Waals surface area contributed by atoms with Crippen molar-refractivity contribution in [3.63, 3.8) is 0 Å². The van der Waals surface area contributed by atoms with Gasteiger partial charge in [-0.1, -0.05) is 24.3 Å². The van der Waals surface area contributed by atoms with Crippen molar-refractivity contribution in [2.24, 2.45) is 11.8 Å². The van der Waals surface area contributed by atoms with Gasteiger partial charge in [0.2, 0.25) is 0 Å². The molecule has 3 aliphatic rings. The Morgan fingerprint density at radius 2 is 1.76 bits per heavy atom. The molecule has 1 aliphatic carbocycles. The summed E-state index contributed by atoms with van der Waals surface area (Å²) in [5.41, 5.74) is 4.12. The lowest BCUT2D eigenvalue weighted by atomic mass is 9.88. The zero-order chi connectivity index (χ0) is 20.1. The second-order valence-corrected chi connectivity index (χ2v) is 8.11. The van der Waals surface area contributed by atoms with Gasteiger partial charge in [0.15, 0.2) is 0 Å². The quantitative estimate of drug-likeness (QED) is 0.837. The van der Waals surface area contributed by atoms with Gasteiger partial charge in [-0.25, -0.2) is 0 Å². The summed E-state index contributed by atoms with van der Waals surface area (Å²) in [6, 6.07) is 11.9. The van der Waals surface area contributed by atoms with E-state index in [-0.39, 0.29) is 23.8 Å². The van der Waals surface area contributed by atoms with Gasteiger partial charge in [0.25, 0.3) is 11.8 Å². The van der Waals surface area contributed by atoms with Gasteiger partial charge in [-0.05, 0) is 30.2 Å². The van der Waals surface area contributed by atoms with Crippen LogP contribution in [0.2, 0.25) is 0 Å². The molecule has 6 heteroatoms. The Morgan fingerprint density at radius 1 is 1.00 bits per heavy atom. The SMILES string of the molecule is CNC(=O)c1cc(C(=O)N[C@H]2[C@@H]3COC[C@@H]32)cc2c1OCC2c1ccccc1C. The van der Waals surface area contributed by atoms with Gasteiger partial charge in [0, 0.05) is 42.0 Å². The predicted molar refractivity (Wildman–Crippen MR) is 107 cm³/mol. The standard InChI is InChI=1S/C23H24N2O4/c1-12-5-3-4-6-14(12)17-11-29-21-15(17)7-13(8-16(21)23(27)24-2)22(26)25-20-18-9-28-10-19(18)20/h3-8,17-20H,9-11H2,1-2H3,(H,24,27)(H,25,26)/t17?,18-,19+,20+. The maximum Gasteiger partial charge on any atom is 0.254 e.